The lowest BCUT2D eigenvalue weighted by atomic mass is 9.70. The van der Waals surface area contributed by atoms with Gasteiger partial charge in [-0.15, -0.1) is 0 Å². The van der Waals surface area contributed by atoms with Crippen LogP contribution in [0.2, 0.25) is 0 Å². The molecule has 6 rings (SSSR count). The number of nitro benzene ring substituents is 1. The molecule has 0 spiro atoms. The number of benzene rings is 2. The number of carbonyl (C=O) groups is 1. The molecular weight excluding hydrogens is 402 g/mol. The van der Waals surface area contributed by atoms with E-state index < -0.39 is 0 Å². The topological polar surface area (TPSA) is 75.5 Å². The Hall–Kier alpha value is -3.41. The Morgan fingerprint density at radius 1 is 1.09 bits per heavy atom. The Labute approximate surface area is 186 Å². The first-order valence-corrected chi connectivity index (χ1v) is 11.3. The van der Waals surface area contributed by atoms with E-state index in [0.29, 0.717) is 17.8 Å². The van der Waals surface area contributed by atoms with E-state index >= 15 is 0 Å². The lowest BCUT2D eigenvalue weighted by Gasteiger charge is -2.51. The molecule has 0 unspecified atom stereocenters. The summed E-state index contributed by atoms with van der Waals surface area (Å²) in [5, 5.41) is 14.5. The van der Waals surface area contributed by atoms with E-state index in [0.717, 1.165) is 30.6 Å². The monoisotopic (exact) mass is 427 g/mol. The second-order valence-corrected chi connectivity index (χ2v) is 9.44. The second-order valence-electron chi connectivity index (χ2n) is 9.44. The highest BCUT2D eigenvalue weighted by Gasteiger charge is 2.48. The molecule has 0 saturated carbocycles. The van der Waals surface area contributed by atoms with E-state index in [-0.39, 0.29) is 28.5 Å². The summed E-state index contributed by atoms with van der Waals surface area (Å²) in [5.74, 6) is 1.32. The summed E-state index contributed by atoms with van der Waals surface area (Å²) < 4.78 is 0. The molecule has 0 radical (unpaired) electrons. The highest BCUT2D eigenvalue weighted by molar-refractivity contribution is 5.90. The van der Waals surface area contributed by atoms with Crippen molar-refractivity contribution in [1.82, 2.24) is 0 Å². The van der Waals surface area contributed by atoms with Crippen molar-refractivity contribution in [1.29, 1.82) is 0 Å². The first-order chi connectivity index (χ1) is 15.5. The summed E-state index contributed by atoms with van der Waals surface area (Å²) in [7, 11) is 0. The molecule has 2 aromatic carbocycles. The average Bonchev–Trinajstić information content (AvgIpc) is 3.43. The molecule has 2 aliphatic carbocycles. The molecule has 2 aliphatic heterocycles. The van der Waals surface area contributed by atoms with Crippen LogP contribution in [0.5, 0.6) is 0 Å². The van der Waals surface area contributed by atoms with Gasteiger partial charge in [-0.3, -0.25) is 14.9 Å². The van der Waals surface area contributed by atoms with Gasteiger partial charge in [0.2, 0.25) is 5.91 Å². The molecule has 0 bridgehead atoms. The van der Waals surface area contributed by atoms with Crippen molar-refractivity contribution in [2.45, 2.75) is 37.6 Å². The van der Waals surface area contributed by atoms with Crippen LogP contribution in [0.1, 0.15) is 54.3 Å². The third-order valence-corrected chi connectivity index (χ3v) is 7.59. The van der Waals surface area contributed by atoms with Gasteiger partial charge in [0, 0.05) is 48.8 Å². The molecule has 5 atom stereocenters. The number of rotatable bonds is 3. The maximum absolute atomic E-state index is 11.8. The van der Waals surface area contributed by atoms with E-state index in [9.17, 15) is 14.9 Å². The standard InChI is InChI=1S/C26H25N3O3/c1-15(30)27-18-12-23-20-8-3-6-17(20)14-28-25(16-5-2-7-19(11-16)29(31)32)22-10-4-9-21(22)24(13-18)26(23)28/h2-5,7-9,11-13,17,20-22,25H,6,10,14H2,1H3,(H,27,30)/t17-,20+,21-,22+,25+/m1/s1. The molecule has 1 N–H and O–H groups in total. The minimum absolute atomic E-state index is 0.0628. The molecule has 0 aromatic heterocycles. The van der Waals surface area contributed by atoms with Gasteiger partial charge in [0.25, 0.3) is 5.69 Å². The summed E-state index contributed by atoms with van der Waals surface area (Å²) >= 11 is 0. The highest BCUT2D eigenvalue weighted by atomic mass is 16.6. The highest BCUT2D eigenvalue weighted by Crippen LogP contribution is 2.59. The molecule has 0 fully saturated rings. The molecular formula is C26H25N3O3. The number of amides is 1. The second kappa shape index (κ2) is 7.05. The molecule has 0 saturated heterocycles. The van der Waals surface area contributed by atoms with Crippen molar-refractivity contribution < 1.29 is 9.72 Å². The van der Waals surface area contributed by atoms with Crippen molar-refractivity contribution in [3.8, 4) is 0 Å². The Morgan fingerprint density at radius 3 is 2.62 bits per heavy atom. The number of hydrogen-bond acceptors (Lipinski definition) is 4. The predicted octanol–water partition coefficient (Wildman–Crippen LogP) is 5.45. The third kappa shape index (κ3) is 2.82. The van der Waals surface area contributed by atoms with Crippen LogP contribution < -0.4 is 10.2 Å². The minimum atomic E-state index is -0.303. The summed E-state index contributed by atoms with van der Waals surface area (Å²) in [4.78, 5) is 25.5. The fourth-order valence-electron chi connectivity index (χ4n) is 6.45. The molecule has 6 nitrogen and oxygen atoms in total. The minimum Gasteiger partial charge on any atom is -0.363 e. The molecule has 32 heavy (non-hydrogen) atoms. The SMILES string of the molecule is CC(=O)Nc1cc2c3c(c1)[C@@H]1C=CC[C@@H]1[C@H](c1cccc([N+](=O)[O-])c1)N3C[C@H]1CC=C[C@H]21. The van der Waals surface area contributed by atoms with Crippen molar-refractivity contribution in [3.63, 3.8) is 0 Å². The van der Waals surface area contributed by atoms with E-state index in [1.807, 2.05) is 12.1 Å². The van der Waals surface area contributed by atoms with Crippen LogP contribution in [-0.2, 0) is 4.79 Å². The van der Waals surface area contributed by atoms with Crippen LogP contribution in [0.3, 0.4) is 0 Å². The van der Waals surface area contributed by atoms with Crippen LogP contribution in [0.4, 0.5) is 17.1 Å². The number of carbonyl (C=O) groups excluding carboxylic acids is 1. The van der Waals surface area contributed by atoms with Gasteiger partial charge in [-0.25, -0.2) is 0 Å². The van der Waals surface area contributed by atoms with Gasteiger partial charge in [-0.05, 0) is 53.5 Å². The van der Waals surface area contributed by atoms with Crippen LogP contribution >= 0.6 is 0 Å². The number of anilines is 2. The number of hydrogen-bond donors (Lipinski definition) is 1. The van der Waals surface area contributed by atoms with Crippen molar-refractivity contribution in [3.05, 3.63) is 87.5 Å². The number of non-ortho nitro benzene ring substituents is 1. The summed E-state index contributed by atoms with van der Waals surface area (Å²) in [6.45, 7) is 2.49. The normalized spacial score (nSPS) is 28.8. The average molecular weight is 428 g/mol. The maximum Gasteiger partial charge on any atom is 0.269 e. The molecule has 162 valence electrons. The number of nitrogens with one attached hydrogen (secondary N) is 1. The van der Waals surface area contributed by atoms with E-state index in [1.165, 1.54) is 16.8 Å². The van der Waals surface area contributed by atoms with Gasteiger partial charge in [-0.2, -0.15) is 0 Å². The fraction of sp³-hybridized carbons (Fsp3) is 0.346. The zero-order chi connectivity index (χ0) is 22.0. The first-order valence-electron chi connectivity index (χ1n) is 11.3. The van der Waals surface area contributed by atoms with Crippen molar-refractivity contribution in [2.24, 2.45) is 11.8 Å². The van der Waals surface area contributed by atoms with Gasteiger partial charge < -0.3 is 10.2 Å². The van der Waals surface area contributed by atoms with Crippen LogP contribution in [0.25, 0.3) is 0 Å². The largest absolute Gasteiger partial charge is 0.363 e. The Morgan fingerprint density at radius 2 is 1.84 bits per heavy atom. The number of nitro groups is 1. The lowest BCUT2D eigenvalue weighted by Crippen LogP contribution is -2.46. The zero-order valence-electron chi connectivity index (χ0n) is 17.9. The van der Waals surface area contributed by atoms with Crippen molar-refractivity contribution in [2.75, 3.05) is 16.8 Å². The third-order valence-electron chi connectivity index (χ3n) is 7.59. The van der Waals surface area contributed by atoms with Gasteiger partial charge >= 0.3 is 0 Å². The molecule has 2 aromatic rings. The Bertz CT molecular complexity index is 1180. The molecule has 6 heteroatoms. The van der Waals surface area contributed by atoms with E-state index in [2.05, 4.69) is 46.7 Å². The summed E-state index contributed by atoms with van der Waals surface area (Å²) in [6.07, 6.45) is 11.1. The van der Waals surface area contributed by atoms with Gasteiger partial charge in [-0.1, -0.05) is 36.4 Å². The lowest BCUT2D eigenvalue weighted by molar-refractivity contribution is -0.384. The van der Waals surface area contributed by atoms with Crippen LogP contribution in [-0.4, -0.2) is 17.4 Å². The predicted molar refractivity (Wildman–Crippen MR) is 124 cm³/mol. The molecule has 2 heterocycles. The zero-order valence-corrected chi connectivity index (χ0v) is 17.9. The van der Waals surface area contributed by atoms with E-state index in [4.69, 9.17) is 0 Å². The fourth-order valence-corrected chi connectivity index (χ4v) is 6.45. The first kappa shape index (κ1) is 19.3. The maximum atomic E-state index is 11.8. The number of allylic oxidation sites excluding steroid dienone is 4. The molecule has 1 amide bonds. The number of fused-ring (bicyclic) bond motifs is 4. The van der Waals surface area contributed by atoms with Gasteiger partial charge in [0.05, 0.1) is 11.0 Å². The van der Waals surface area contributed by atoms with Crippen LogP contribution in [0.15, 0.2) is 60.7 Å². The Kier molecular flexibility index (Phi) is 4.25. The smallest absolute Gasteiger partial charge is 0.269 e. The summed E-state index contributed by atoms with van der Waals surface area (Å²) in [5.41, 5.74) is 5.83. The van der Waals surface area contributed by atoms with Crippen molar-refractivity contribution >= 4 is 23.0 Å². The van der Waals surface area contributed by atoms with Gasteiger partial charge in [0.1, 0.15) is 0 Å². The number of nitrogens with zero attached hydrogens (tertiary/aromatic N) is 2. The van der Waals surface area contributed by atoms with E-state index in [1.54, 1.807) is 19.1 Å². The quantitative estimate of drug-likeness (QED) is 0.402. The molecule has 4 aliphatic rings. The van der Waals surface area contributed by atoms with Gasteiger partial charge in [0.15, 0.2) is 0 Å². The van der Waals surface area contributed by atoms with Crippen LogP contribution in [0, 0.1) is 22.0 Å². The Balaban J connectivity index is 1.56. The summed E-state index contributed by atoms with van der Waals surface area (Å²) in [6, 6.07) is 11.6.